The highest BCUT2D eigenvalue weighted by molar-refractivity contribution is 6.02. The Morgan fingerprint density at radius 3 is 2.44 bits per heavy atom. The highest BCUT2D eigenvalue weighted by atomic mass is 16.1. The summed E-state index contributed by atoms with van der Waals surface area (Å²) >= 11 is 0. The van der Waals surface area contributed by atoms with Crippen molar-refractivity contribution in [2.75, 3.05) is 5.32 Å². The summed E-state index contributed by atoms with van der Waals surface area (Å²) in [5.41, 5.74) is 15.5. The molecular formula is C33H46N2O. The Morgan fingerprint density at radius 2 is 1.86 bits per heavy atom. The Kier molecular flexibility index (Phi) is 11.7. The molecule has 0 spiro atoms. The van der Waals surface area contributed by atoms with E-state index < -0.39 is 5.91 Å². The van der Waals surface area contributed by atoms with Gasteiger partial charge in [-0.25, -0.2) is 0 Å². The van der Waals surface area contributed by atoms with Crippen LogP contribution >= 0.6 is 0 Å². The number of primary amides is 1. The van der Waals surface area contributed by atoms with Crippen molar-refractivity contribution < 1.29 is 4.79 Å². The Bertz CT molecular complexity index is 1110. The number of benzene rings is 2. The molecule has 2 aromatic rings. The first kappa shape index (κ1) is 29.2. The van der Waals surface area contributed by atoms with E-state index >= 15 is 0 Å². The van der Waals surface area contributed by atoms with Crippen LogP contribution in [0.25, 0.3) is 16.7 Å². The van der Waals surface area contributed by atoms with Gasteiger partial charge in [0, 0.05) is 0 Å². The number of anilines is 1. The van der Waals surface area contributed by atoms with Crippen molar-refractivity contribution in [1.82, 2.24) is 0 Å². The molecule has 0 radical (unpaired) electrons. The van der Waals surface area contributed by atoms with E-state index in [1.807, 2.05) is 6.92 Å². The van der Waals surface area contributed by atoms with Gasteiger partial charge in [0.25, 0.3) is 5.91 Å². The van der Waals surface area contributed by atoms with Crippen molar-refractivity contribution >= 4 is 17.2 Å². The van der Waals surface area contributed by atoms with Gasteiger partial charge in [-0.2, -0.15) is 0 Å². The third kappa shape index (κ3) is 7.00. The number of rotatable bonds is 14. The predicted octanol–water partition coefficient (Wildman–Crippen LogP) is 9.32. The molecule has 36 heavy (non-hydrogen) atoms. The van der Waals surface area contributed by atoms with Crippen LogP contribution in [0.1, 0.15) is 112 Å². The molecule has 3 N–H and O–H groups in total. The Morgan fingerprint density at radius 1 is 1.14 bits per heavy atom. The third-order valence-corrected chi connectivity index (χ3v) is 6.96. The average molecular weight is 487 g/mol. The van der Waals surface area contributed by atoms with Crippen LogP contribution in [0, 0.1) is 6.92 Å². The van der Waals surface area contributed by atoms with Crippen molar-refractivity contribution in [3.63, 3.8) is 0 Å². The predicted molar refractivity (Wildman–Crippen MR) is 159 cm³/mol. The summed E-state index contributed by atoms with van der Waals surface area (Å²) in [6, 6.07) is 9.04. The maximum atomic E-state index is 12.4. The van der Waals surface area contributed by atoms with Crippen molar-refractivity contribution in [3.8, 4) is 11.1 Å². The molecule has 0 fully saturated rings. The molecule has 3 nitrogen and oxygen atoms in total. The summed E-state index contributed by atoms with van der Waals surface area (Å²) in [6.07, 6.45) is 16.2. The fourth-order valence-electron chi connectivity index (χ4n) is 4.86. The summed E-state index contributed by atoms with van der Waals surface area (Å²) in [4.78, 5) is 12.4. The molecular weight excluding hydrogens is 440 g/mol. The first-order chi connectivity index (χ1) is 17.3. The van der Waals surface area contributed by atoms with Crippen LogP contribution < -0.4 is 11.1 Å². The maximum Gasteiger partial charge on any atom is 0.251 e. The molecule has 1 amide bonds. The van der Waals surface area contributed by atoms with E-state index in [4.69, 9.17) is 5.73 Å². The maximum absolute atomic E-state index is 12.4. The molecule has 0 aliphatic heterocycles. The number of carbonyl (C=O) groups excluding carboxylic acids is 1. The number of nitrogens with two attached hydrogens (primary N) is 1. The zero-order chi connectivity index (χ0) is 26.7. The lowest BCUT2D eigenvalue weighted by Gasteiger charge is -2.24. The number of aryl methyl sites for hydroxylation is 2. The van der Waals surface area contributed by atoms with Gasteiger partial charge >= 0.3 is 0 Å². The molecule has 0 aliphatic carbocycles. The average Bonchev–Trinajstić information content (AvgIpc) is 2.86. The molecule has 194 valence electrons. The second kappa shape index (κ2) is 14.5. The van der Waals surface area contributed by atoms with Crippen molar-refractivity contribution in [2.45, 2.75) is 92.4 Å². The van der Waals surface area contributed by atoms with Gasteiger partial charge < -0.3 is 11.1 Å². The van der Waals surface area contributed by atoms with Crippen LogP contribution in [0.5, 0.6) is 0 Å². The van der Waals surface area contributed by atoms with Crippen LogP contribution in [0.2, 0.25) is 0 Å². The lowest BCUT2D eigenvalue weighted by Crippen LogP contribution is -2.17. The Hall–Kier alpha value is -3.07. The minimum atomic E-state index is -0.419. The number of nitrogens with one attached hydrogen (secondary N) is 1. The smallest absolute Gasteiger partial charge is 0.251 e. The van der Waals surface area contributed by atoms with Gasteiger partial charge in [0.2, 0.25) is 0 Å². The zero-order valence-electron chi connectivity index (χ0n) is 23.3. The summed E-state index contributed by atoms with van der Waals surface area (Å²) in [5.74, 6) is -0.183. The number of hydrogen-bond acceptors (Lipinski definition) is 2. The Balaban J connectivity index is 2.88. The number of allylic oxidation sites excluding steroid dienone is 4. The zero-order valence-corrected chi connectivity index (χ0v) is 23.3. The molecule has 0 saturated carbocycles. The number of amides is 1. The molecule has 1 unspecified atom stereocenters. The van der Waals surface area contributed by atoms with Gasteiger partial charge in [-0.05, 0) is 96.7 Å². The second-order valence-corrected chi connectivity index (χ2v) is 9.70. The minimum absolute atomic E-state index is 0.236. The quantitative estimate of drug-likeness (QED) is 0.206. The first-order valence-electron chi connectivity index (χ1n) is 13.7. The van der Waals surface area contributed by atoms with Crippen LogP contribution in [-0.4, -0.2) is 5.91 Å². The third-order valence-electron chi connectivity index (χ3n) is 6.96. The molecule has 2 aromatic carbocycles. The minimum Gasteiger partial charge on any atom is -0.366 e. The molecule has 0 heterocycles. The van der Waals surface area contributed by atoms with E-state index in [1.165, 1.54) is 42.4 Å². The van der Waals surface area contributed by atoms with E-state index in [0.717, 1.165) is 47.2 Å². The fourth-order valence-corrected chi connectivity index (χ4v) is 4.86. The van der Waals surface area contributed by atoms with Crippen molar-refractivity contribution in [2.24, 2.45) is 5.73 Å². The van der Waals surface area contributed by atoms with E-state index in [9.17, 15) is 4.79 Å². The molecule has 0 bridgehead atoms. The summed E-state index contributed by atoms with van der Waals surface area (Å²) in [5, 5.41) is 3.26. The van der Waals surface area contributed by atoms with E-state index in [0.29, 0.717) is 5.56 Å². The molecule has 0 saturated heterocycles. The van der Waals surface area contributed by atoms with Gasteiger partial charge in [-0.15, -0.1) is 0 Å². The largest absolute Gasteiger partial charge is 0.366 e. The SMILES string of the molecule is C=CNc1c(C(N)=O)c(C)cc(-c2ccc(CCCC)c(C(/C=C\C)=C\CCCC)c2)c1C(C)CC. The number of unbranched alkanes of at least 4 members (excludes halogenated alkanes) is 3. The standard InChI is InChI=1S/C33H46N2O/c1-8-13-15-18-25(16-10-3)28-22-27(20-19-26(28)17-14-9-2)29-21-24(7)31(33(34)36)32(35-12-5)30(29)23(6)11-4/h10,12,16,18-23,35H,5,8-9,11,13-15,17H2,1-4,6-7H3,(H2,34,36)/b16-10-,25-18-. The van der Waals surface area contributed by atoms with Crippen LogP contribution in [0.15, 0.2) is 55.3 Å². The van der Waals surface area contributed by atoms with Crippen LogP contribution in [0.4, 0.5) is 5.69 Å². The van der Waals surface area contributed by atoms with E-state index in [2.05, 4.69) is 89.0 Å². The number of hydrogen-bond donors (Lipinski definition) is 2. The molecule has 2 rings (SSSR count). The Labute approximate surface area is 219 Å². The summed E-state index contributed by atoms with van der Waals surface area (Å²) in [6.45, 7) is 16.8. The highest BCUT2D eigenvalue weighted by Crippen LogP contribution is 2.41. The monoisotopic (exact) mass is 486 g/mol. The van der Waals surface area contributed by atoms with Crippen LogP contribution in [-0.2, 0) is 6.42 Å². The van der Waals surface area contributed by atoms with E-state index in [-0.39, 0.29) is 5.92 Å². The summed E-state index contributed by atoms with van der Waals surface area (Å²) in [7, 11) is 0. The molecule has 1 atom stereocenters. The lowest BCUT2D eigenvalue weighted by atomic mass is 9.83. The van der Waals surface area contributed by atoms with E-state index in [1.54, 1.807) is 6.20 Å². The van der Waals surface area contributed by atoms with Gasteiger partial charge in [0.05, 0.1) is 11.3 Å². The molecule has 3 heteroatoms. The fraction of sp³-hybridized carbons (Fsp3) is 0.424. The second-order valence-electron chi connectivity index (χ2n) is 9.70. The van der Waals surface area contributed by atoms with Gasteiger partial charge in [-0.1, -0.05) is 90.0 Å². The highest BCUT2D eigenvalue weighted by Gasteiger charge is 2.23. The normalized spacial score (nSPS) is 12.7. The topological polar surface area (TPSA) is 55.1 Å². The van der Waals surface area contributed by atoms with Gasteiger partial charge in [0.15, 0.2) is 0 Å². The first-order valence-corrected chi connectivity index (χ1v) is 13.7. The van der Waals surface area contributed by atoms with Crippen LogP contribution in [0.3, 0.4) is 0 Å². The van der Waals surface area contributed by atoms with Gasteiger partial charge in [-0.3, -0.25) is 4.79 Å². The molecule has 0 aromatic heterocycles. The number of carbonyl (C=O) groups is 1. The van der Waals surface area contributed by atoms with Gasteiger partial charge in [0.1, 0.15) is 0 Å². The van der Waals surface area contributed by atoms with Crippen molar-refractivity contribution in [1.29, 1.82) is 0 Å². The lowest BCUT2D eigenvalue weighted by molar-refractivity contribution is 0.100. The van der Waals surface area contributed by atoms with Crippen molar-refractivity contribution in [3.05, 3.63) is 83.1 Å². The summed E-state index contributed by atoms with van der Waals surface area (Å²) < 4.78 is 0. The molecule has 0 aliphatic rings.